The number of rotatable bonds is 9. The highest BCUT2D eigenvalue weighted by Gasteiger charge is 2.16. The summed E-state index contributed by atoms with van der Waals surface area (Å²) in [5.41, 5.74) is 7.34. The van der Waals surface area contributed by atoms with E-state index in [9.17, 15) is 0 Å². The van der Waals surface area contributed by atoms with Crippen LogP contribution in [0.1, 0.15) is 36.5 Å². The first kappa shape index (κ1) is 22.5. The van der Waals surface area contributed by atoms with Crippen LogP contribution >= 0.6 is 0 Å². The molecule has 0 saturated heterocycles. The molecule has 0 N–H and O–H groups in total. The monoisotopic (exact) mass is 438 g/mol. The predicted molar refractivity (Wildman–Crippen MR) is 134 cm³/mol. The van der Waals surface area contributed by atoms with E-state index in [0.29, 0.717) is 5.75 Å². The topological polar surface area (TPSA) is 47.2 Å². The Morgan fingerprint density at radius 3 is 2.27 bits per heavy atom. The normalized spacial score (nSPS) is 10.8. The van der Waals surface area contributed by atoms with E-state index in [1.165, 1.54) is 38.9 Å². The van der Waals surface area contributed by atoms with Crippen LogP contribution in [0.5, 0.6) is 11.5 Å². The maximum absolute atomic E-state index is 8.72. The number of nitriles is 1. The molecule has 0 saturated carbocycles. The molecule has 1 aromatic heterocycles. The van der Waals surface area contributed by atoms with Gasteiger partial charge < -0.3 is 14.0 Å². The molecular formula is C29H30N2O2. The largest absolute Gasteiger partial charge is 0.494 e. The van der Waals surface area contributed by atoms with Crippen LogP contribution in [0.2, 0.25) is 0 Å². The summed E-state index contributed by atoms with van der Waals surface area (Å²) in [5.74, 6) is 1.62. The minimum Gasteiger partial charge on any atom is -0.494 e. The van der Waals surface area contributed by atoms with E-state index >= 15 is 0 Å². The molecule has 0 atom stereocenters. The van der Waals surface area contributed by atoms with Crippen LogP contribution < -0.4 is 9.47 Å². The van der Waals surface area contributed by atoms with Gasteiger partial charge in [0.15, 0.2) is 6.61 Å². The third kappa shape index (κ3) is 5.04. The van der Waals surface area contributed by atoms with Gasteiger partial charge in [-0.2, -0.15) is 5.26 Å². The van der Waals surface area contributed by atoms with Crippen LogP contribution in [0, 0.1) is 25.2 Å². The van der Waals surface area contributed by atoms with E-state index < -0.39 is 0 Å². The Morgan fingerprint density at radius 2 is 1.58 bits per heavy atom. The molecule has 1 heterocycles. The lowest BCUT2D eigenvalue weighted by molar-refractivity contribution is 0.309. The maximum atomic E-state index is 8.72. The van der Waals surface area contributed by atoms with E-state index in [1.807, 2.05) is 18.2 Å². The molecule has 0 spiro atoms. The molecule has 0 bridgehead atoms. The van der Waals surface area contributed by atoms with Gasteiger partial charge in [0.2, 0.25) is 0 Å². The van der Waals surface area contributed by atoms with Gasteiger partial charge in [0.1, 0.15) is 17.6 Å². The van der Waals surface area contributed by atoms with E-state index in [1.54, 1.807) is 0 Å². The van der Waals surface area contributed by atoms with Crippen LogP contribution in [-0.4, -0.2) is 17.8 Å². The summed E-state index contributed by atoms with van der Waals surface area (Å²) >= 11 is 0. The van der Waals surface area contributed by atoms with Crippen molar-refractivity contribution in [2.24, 2.45) is 0 Å². The highest BCUT2D eigenvalue weighted by atomic mass is 16.5. The molecule has 0 amide bonds. The second-order valence-electron chi connectivity index (χ2n) is 8.40. The summed E-state index contributed by atoms with van der Waals surface area (Å²) in [6, 6.07) is 25.1. The summed E-state index contributed by atoms with van der Waals surface area (Å²) in [5, 5.41) is 10.0. The van der Waals surface area contributed by atoms with Crippen molar-refractivity contribution in [2.45, 2.75) is 40.2 Å². The molecule has 4 nitrogen and oxygen atoms in total. The second kappa shape index (κ2) is 10.3. The quantitative estimate of drug-likeness (QED) is 0.263. The fourth-order valence-corrected chi connectivity index (χ4v) is 4.21. The van der Waals surface area contributed by atoms with Crippen LogP contribution in [0.3, 0.4) is 0 Å². The highest BCUT2D eigenvalue weighted by molar-refractivity contribution is 5.92. The molecule has 0 aliphatic carbocycles. The fraction of sp³-hybridized carbons (Fsp3) is 0.276. The average Bonchev–Trinajstić information content (AvgIpc) is 3.10. The zero-order chi connectivity index (χ0) is 23.2. The van der Waals surface area contributed by atoms with Crippen molar-refractivity contribution < 1.29 is 9.47 Å². The van der Waals surface area contributed by atoms with Crippen LogP contribution in [0.15, 0.2) is 66.7 Å². The number of aryl methyl sites for hydroxylation is 2. The van der Waals surface area contributed by atoms with Crippen molar-refractivity contribution in [3.8, 4) is 28.8 Å². The van der Waals surface area contributed by atoms with Gasteiger partial charge in [0, 0.05) is 17.4 Å². The third-order valence-corrected chi connectivity index (χ3v) is 5.93. The van der Waals surface area contributed by atoms with Crippen LogP contribution in [-0.2, 0) is 6.54 Å². The summed E-state index contributed by atoms with van der Waals surface area (Å²) < 4.78 is 13.7. The molecular weight excluding hydrogens is 408 g/mol. The van der Waals surface area contributed by atoms with Crippen molar-refractivity contribution >= 4 is 10.9 Å². The lowest BCUT2D eigenvalue weighted by Crippen LogP contribution is -2.03. The molecule has 33 heavy (non-hydrogen) atoms. The Morgan fingerprint density at radius 1 is 0.879 bits per heavy atom. The lowest BCUT2D eigenvalue weighted by atomic mass is 10.1. The zero-order valence-electron chi connectivity index (χ0n) is 19.6. The van der Waals surface area contributed by atoms with Gasteiger partial charge in [-0.3, -0.25) is 0 Å². The molecule has 3 aromatic carbocycles. The number of hydrogen-bond donors (Lipinski definition) is 0. The molecule has 0 aliphatic heterocycles. The van der Waals surface area contributed by atoms with Crippen molar-refractivity contribution in [1.82, 2.24) is 4.57 Å². The van der Waals surface area contributed by atoms with Gasteiger partial charge in [-0.25, -0.2) is 0 Å². The van der Waals surface area contributed by atoms with Gasteiger partial charge in [-0.05, 0) is 85.5 Å². The highest BCUT2D eigenvalue weighted by Crippen LogP contribution is 2.35. The number of ether oxygens (including phenoxy) is 2. The van der Waals surface area contributed by atoms with Crippen LogP contribution in [0.4, 0.5) is 0 Å². The SMILES string of the molecule is CCCCOc1ccc(-c2c(C)c3cc(C)ccc3n2Cc2ccc(OCC#N)cc2)cc1. The number of hydrogen-bond acceptors (Lipinski definition) is 3. The summed E-state index contributed by atoms with van der Waals surface area (Å²) in [4.78, 5) is 0. The molecule has 0 radical (unpaired) electrons. The summed E-state index contributed by atoms with van der Waals surface area (Å²) in [6.07, 6.45) is 2.19. The first-order valence-corrected chi connectivity index (χ1v) is 11.5. The molecule has 0 aliphatic rings. The van der Waals surface area contributed by atoms with Crippen LogP contribution in [0.25, 0.3) is 22.2 Å². The first-order chi connectivity index (χ1) is 16.1. The minimum absolute atomic E-state index is 0.0580. The Balaban J connectivity index is 1.71. The Hall–Kier alpha value is -3.71. The average molecular weight is 439 g/mol. The Labute approximate surface area is 196 Å². The number of unbranched alkanes of at least 4 members (excludes halogenated alkanes) is 1. The zero-order valence-corrected chi connectivity index (χ0v) is 19.6. The molecule has 4 heteroatoms. The summed E-state index contributed by atoms with van der Waals surface area (Å²) in [6.45, 7) is 8.07. The lowest BCUT2D eigenvalue weighted by Gasteiger charge is -2.14. The minimum atomic E-state index is 0.0580. The van der Waals surface area contributed by atoms with Crippen molar-refractivity contribution in [3.05, 3.63) is 83.4 Å². The van der Waals surface area contributed by atoms with E-state index in [2.05, 4.69) is 79.9 Å². The first-order valence-electron chi connectivity index (χ1n) is 11.5. The standard InChI is InChI=1S/C29H30N2O2/c1-4-5-17-32-26-13-9-24(10-14-26)29-22(3)27-19-21(2)6-15-28(27)31(29)20-23-7-11-25(12-8-23)33-18-16-30/h6-15,19H,4-5,17-18,20H2,1-3H3. The van der Waals surface area contributed by atoms with Crippen molar-refractivity contribution in [2.75, 3.05) is 13.2 Å². The molecule has 0 unspecified atom stereocenters. The smallest absolute Gasteiger partial charge is 0.174 e. The third-order valence-electron chi connectivity index (χ3n) is 5.93. The maximum Gasteiger partial charge on any atom is 0.174 e. The van der Waals surface area contributed by atoms with Gasteiger partial charge in [-0.15, -0.1) is 0 Å². The summed E-state index contributed by atoms with van der Waals surface area (Å²) in [7, 11) is 0. The molecule has 4 rings (SSSR count). The van der Waals surface area contributed by atoms with Gasteiger partial charge in [-0.1, -0.05) is 37.1 Å². The van der Waals surface area contributed by atoms with Gasteiger partial charge >= 0.3 is 0 Å². The van der Waals surface area contributed by atoms with Gasteiger partial charge in [0.25, 0.3) is 0 Å². The number of nitrogens with zero attached hydrogens (tertiary/aromatic N) is 2. The molecule has 0 fully saturated rings. The number of aromatic nitrogens is 1. The van der Waals surface area contributed by atoms with Gasteiger partial charge in [0.05, 0.1) is 12.3 Å². The number of benzene rings is 3. The Bertz CT molecular complexity index is 1260. The van der Waals surface area contributed by atoms with E-state index in [-0.39, 0.29) is 6.61 Å². The van der Waals surface area contributed by atoms with Crippen molar-refractivity contribution in [1.29, 1.82) is 5.26 Å². The van der Waals surface area contributed by atoms with E-state index in [0.717, 1.165) is 31.7 Å². The second-order valence-corrected chi connectivity index (χ2v) is 8.40. The number of fused-ring (bicyclic) bond motifs is 1. The fourth-order valence-electron chi connectivity index (χ4n) is 4.21. The predicted octanol–water partition coefficient (Wildman–Crippen LogP) is 7.05. The van der Waals surface area contributed by atoms with E-state index in [4.69, 9.17) is 14.7 Å². The van der Waals surface area contributed by atoms with Crippen molar-refractivity contribution in [3.63, 3.8) is 0 Å². The molecule has 4 aromatic rings. The molecule has 168 valence electrons. The Kier molecular flexibility index (Phi) is 7.00.